The van der Waals surface area contributed by atoms with E-state index in [1.807, 2.05) is 20.8 Å². The van der Waals surface area contributed by atoms with Gasteiger partial charge in [-0.1, -0.05) is 0 Å². The number of rotatable bonds is 3. The van der Waals surface area contributed by atoms with Gasteiger partial charge in [-0.2, -0.15) is 0 Å². The number of carbonyl (C=O) groups is 3. The van der Waals surface area contributed by atoms with Crippen molar-refractivity contribution in [1.29, 1.82) is 0 Å². The predicted molar refractivity (Wildman–Crippen MR) is 79.2 cm³/mol. The van der Waals surface area contributed by atoms with Crippen LogP contribution in [-0.4, -0.2) is 48.5 Å². The fourth-order valence-corrected chi connectivity index (χ4v) is 3.40. The molecule has 0 aromatic carbocycles. The lowest BCUT2D eigenvalue weighted by Gasteiger charge is -2.25. The van der Waals surface area contributed by atoms with Crippen LogP contribution in [0.1, 0.15) is 40.0 Å². The van der Waals surface area contributed by atoms with Crippen molar-refractivity contribution in [3.63, 3.8) is 0 Å². The lowest BCUT2D eigenvalue weighted by molar-refractivity contribution is -0.144. The summed E-state index contributed by atoms with van der Waals surface area (Å²) in [6.07, 6.45) is 1.08. The number of likely N-dealkylation sites (tertiary alicyclic amines) is 1. The molecule has 6 nitrogen and oxygen atoms in total. The van der Waals surface area contributed by atoms with Gasteiger partial charge >= 0.3 is 12.1 Å². The van der Waals surface area contributed by atoms with E-state index in [2.05, 4.69) is 4.74 Å². The lowest BCUT2D eigenvalue weighted by Crippen LogP contribution is -2.36. The number of carbonyl (C=O) groups excluding carboxylic acids is 3. The summed E-state index contributed by atoms with van der Waals surface area (Å²) >= 11 is 0. The van der Waals surface area contributed by atoms with Gasteiger partial charge < -0.3 is 14.4 Å². The smallest absolute Gasteiger partial charge is 0.410 e. The van der Waals surface area contributed by atoms with Gasteiger partial charge in [0.15, 0.2) is 0 Å². The summed E-state index contributed by atoms with van der Waals surface area (Å²) in [4.78, 5) is 37.0. The molecule has 3 atom stereocenters. The standard InChI is InChI=1S/C16H25NO5/c1-16(2,3)22-15(20)17-8-11-5-10(6-12(11)9-17)13(18)7-14(19)21-4/h10-12H,5-9H2,1-4H3/t10?,11-,12+. The van der Waals surface area contributed by atoms with Crippen LogP contribution in [0.2, 0.25) is 0 Å². The van der Waals surface area contributed by atoms with Crippen LogP contribution in [0.5, 0.6) is 0 Å². The van der Waals surface area contributed by atoms with E-state index >= 15 is 0 Å². The van der Waals surface area contributed by atoms with E-state index < -0.39 is 11.6 Å². The summed E-state index contributed by atoms with van der Waals surface area (Å²) in [7, 11) is 1.29. The molecule has 2 rings (SSSR count). The van der Waals surface area contributed by atoms with Gasteiger partial charge in [-0.15, -0.1) is 0 Å². The summed E-state index contributed by atoms with van der Waals surface area (Å²) in [5.41, 5.74) is -0.492. The van der Waals surface area contributed by atoms with Gasteiger partial charge in [0.1, 0.15) is 17.8 Å². The van der Waals surface area contributed by atoms with Gasteiger partial charge in [0.05, 0.1) is 7.11 Å². The van der Waals surface area contributed by atoms with Gasteiger partial charge in [0, 0.05) is 19.0 Å². The van der Waals surface area contributed by atoms with Crippen LogP contribution in [0, 0.1) is 17.8 Å². The molecular formula is C16H25NO5. The van der Waals surface area contributed by atoms with Gasteiger partial charge in [-0.25, -0.2) is 4.79 Å². The van der Waals surface area contributed by atoms with Crippen LogP contribution >= 0.6 is 0 Å². The highest BCUT2D eigenvalue weighted by molar-refractivity contribution is 5.96. The first-order valence-electron chi connectivity index (χ1n) is 7.77. The highest BCUT2D eigenvalue weighted by Gasteiger charge is 2.45. The highest BCUT2D eigenvalue weighted by atomic mass is 16.6. The fraction of sp³-hybridized carbons (Fsp3) is 0.812. The van der Waals surface area contributed by atoms with Crippen molar-refractivity contribution in [3.8, 4) is 0 Å². The molecule has 2 fully saturated rings. The molecule has 1 aliphatic heterocycles. The molecule has 0 radical (unpaired) electrons. The maximum absolute atomic E-state index is 12.1. The molecule has 124 valence electrons. The van der Waals surface area contributed by atoms with Crippen molar-refractivity contribution in [2.24, 2.45) is 17.8 Å². The van der Waals surface area contributed by atoms with Crippen molar-refractivity contribution < 1.29 is 23.9 Å². The zero-order chi connectivity index (χ0) is 16.5. The van der Waals surface area contributed by atoms with E-state index in [4.69, 9.17) is 4.74 Å². The third-order valence-electron chi connectivity index (χ3n) is 4.40. The third kappa shape index (κ3) is 3.99. The summed E-state index contributed by atoms with van der Waals surface area (Å²) in [6.45, 7) is 6.83. The van der Waals surface area contributed by atoms with Crippen molar-refractivity contribution in [1.82, 2.24) is 4.90 Å². The van der Waals surface area contributed by atoms with Crippen LogP contribution in [0.25, 0.3) is 0 Å². The van der Waals surface area contributed by atoms with Crippen LogP contribution in [0.15, 0.2) is 0 Å². The van der Waals surface area contributed by atoms with Gasteiger partial charge in [0.25, 0.3) is 0 Å². The Kier molecular flexibility index (Phi) is 4.78. The SMILES string of the molecule is COC(=O)CC(=O)C1C[C@@H]2CN(C(=O)OC(C)(C)C)C[C@@H]2C1. The number of methoxy groups -OCH3 is 1. The Hall–Kier alpha value is -1.59. The van der Waals surface area contributed by atoms with Crippen LogP contribution in [0.4, 0.5) is 4.79 Å². The van der Waals surface area contributed by atoms with Crippen molar-refractivity contribution in [3.05, 3.63) is 0 Å². The summed E-state index contributed by atoms with van der Waals surface area (Å²) in [6, 6.07) is 0. The Bertz CT molecular complexity index is 454. The molecule has 1 unspecified atom stereocenters. The Morgan fingerprint density at radius 2 is 1.64 bits per heavy atom. The molecule has 0 aromatic heterocycles. The van der Waals surface area contributed by atoms with E-state index in [-0.39, 0.29) is 24.2 Å². The van der Waals surface area contributed by atoms with Crippen LogP contribution < -0.4 is 0 Å². The number of hydrogen-bond acceptors (Lipinski definition) is 5. The molecule has 1 amide bonds. The molecular weight excluding hydrogens is 286 g/mol. The molecule has 0 N–H and O–H groups in total. The molecule has 1 aliphatic carbocycles. The van der Waals surface area contributed by atoms with Crippen molar-refractivity contribution in [2.75, 3.05) is 20.2 Å². The molecule has 1 saturated heterocycles. The molecule has 1 saturated carbocycles. The van der Waals surface area contributed by atoms with E-state index in [1.54, 1.807) is 4.90 Å². The second kappa shape index (κ2) is 6.26. The zero-order valence-corrected chi connectivity index (χ0v) is 13.8. The normalized spacial score (nSPS) is 27.5. The maximum atomic E-state index is 12.1. The van der Waals surface area contributed by atoms with Gasteiger partial charge in [-0.05, 0) is 45.4 Å². The molecule has 22 heavy (non-hydrogen) atoms. The largest absolute Gasteiger partial charge is 0.469 e. The quantitative estimate of drug-likeness (QED) is 0.589. The van der Waals surface area contributed by atoms with Crippen LogP contribution in [0.3, 0.4) is 0 Å². The first-order chi connectivity index (χ1) is 10.2. The summed E-state index contributed by atoms with van der Waals surface area (Å²) in [5, 5.41) is 0. The average Bonchev–Trinajstić information content (AvgIpc) is 2.94. The molecule has 6 heteroatoms. The highest BCUT2D eigenvalue weighted by Crippen LogP contribution is 2.42. The van der Waals surface area contributed by atoms with E-state index in [9.17, 15) is 14.4 Å². The second-order valence-corrected chi connectivity index (χ2v) is 7.29. The molecule has 0 bridgehead atoms. The van der Waals surface area contributed by atoms with E-state index in [0.717, 1.165) is 12.8 Å². The minimum atomic E-state index is -0.492. The number of fused-ring (bicyclic) bond motifs is 1. The fourth-order valence-electron chi connectivity index (χ4n) is 3.40. The number of Topliss-reactive ketones (excluding diaryl/α,β-unsaturated/α-hetero) is 1. The van der Waals surface area contributed by atoms with Gasteiger partial charge in [0.2, 0.25) is 0 Å². The van der Waals surface area contributed by atoms with Gasteiger partial charge in [-0.3, -0.25) is 9.59 Å². The average molecular weight is 311 g/mol. The first-order valence-corrected chi connectivity index (χ1v) is 7.77. The Morgan fingerprint density at radius 1 is 1.09 bits per heavy atom. The van der Waals surface area contributed by atoms with Crippen LogP contribution in [-0.2, 0) is 19.1 Å². The maximum Gasteiger partial charge on any atom is 0.410 e. The minimum Gasteiger partial charge on any atom is -0.469 e. The Morgan fingerprint density at radius 3 is 2.09 bits per heavy atom. The van der Waals surface area contributed by atoms with E-state index in [1.165, 1.54) is 7.11 Å². The zero-order valence-electron chi connectivity index (χ0n) is 13.8. The number of nitrogens with zero attached hydrogens (tertiary/aromatic N) is 1. The Balaban J connectivity index is 1.84. The number of hydrogen-bond donors (Lipinski definition) is 0. The van der Waals surface area contributed by atoms with Crippen molar-refractivity contribution >= 4 is 17.8 Å². The Labute approximate surface area is 131 Å². The monoisotopic (exact) mass is 311 g/mol. The number of ether oxygens (including phenoxy) is 2. The predicted octanol–water partition coefficient (Wildman–Crippen LogP) is 2.01. The molecule has 0 aromatic rings. The minimum absolute atomic E-state index is 0.0370. The molecule has 1 heterocycles. The number of amides is 1. The molecule has 0 spiro atoms. The topological polar surface area (TPSA) is 72.9 Å². The summed E-state index contributed by atoms with van der Waals surface area (Å²) in [5.74, 6) is 0.0793. The van der Waals surface area contributed by atoms with E-state index in [0.29, 0.717) is 24.9 Å². The van der Waals surface area contributed by atoms with Crippen molar-refractivity contribution in [2.45, 2.75) is 45.6 Å². The molecule has 2 aliphatic rings. The third-order valence-corrected chi connectivity index (χ3v) is 4.40. The lowest BCUT2D eigenvalue weighted by atomic mass is 9.98. The first kappa shape index (κ1) is 16.8. The number of ketones is 1. The second-order valence-electron chi connectivity index (χ2n) is 7.29. The summed E-state index contributed by atoms with van der Waals surface area (Å²) < 4.78 is 9.93. The number of esters is 1.